The van der Waals surface area contributed by atoms with Crippen molar-refractivity contribution < 1.29 is 13.2 Å². The Kier molecular flexibility index (Phi) is 6.53. The standard InChI is InChI=1S/C13H16BrCl2NO3S/c1-4-8(2)7-17(3)13(18)9-5-12(21(16,19)20)10(14)6-11(9)15/h5-6,8H,4,7H2,1-3H3. The Morgan fingerprint density at radius 1 is 1.43 bits per heavy atom. The molecule has 1 unspecified atom stereocenters. The first kappa shape index (κ1) is 18.7. The molecule has 21 heavy (non-hydrogen) atoms. The lowest BCUT2D eigenvalue weighted by atomic mass is 10.1. The minimum Gasteiger partial charge on any atom is -0.341 e. The van der Waals surface area contributed by atoms with Gasteiger partial charge in [0.05, 0.1) is 15.5 Å². The van der Waals surface area contributed by atoms with E-state index in [4.69, 9.17) is 22.3 Å². The van der Waals surface area contributed by atoms with Crippen LogP contribution in [0.1, 0.15) is 30.6 Å². The second kappa shape index (κ2) is 7.31. The van der Waals surface area contributed by atoms with Crippen LogP contribution in [-0.2, 0) is 9.05 Å². The third kappa shape index (κ3) is 4.84. The predicted molar refractivity (Wildman–Crippen MR) is 88.6 cm³/mol. The summed E-state index contributed by atoms with van der Waals surface area (Å²) < 4.78 is 23.2. The predicted octanol–water partition coefficient (Wildman–Crippen LogP) is 4.15. The molecule has 0 aliphatic heterocycles. The maximum absolute atomic E-state index is 12.4. The summed E-state index contributed by atoms with van der Waals surface area (Å²) in [5, 5.41) is 0.173. The van der Waals surface area contributed by atoms with Crippen LogP contribution in [0.4, 0.5) is 0 Å². The smallest absolute Gasteiger partial charge is 0.262 e. The number of hydrogen-bond acceptors (Lipinski definition) is 3. The van der Waals surface area contributed by atoms with Gasteiger partial charge in [-0.15, -0.1) is 0 Å². The molecule has 1 aromatic rings. The Morgan fingerprint density at radius 2 is 2.00 bits per heavy atom. The number of amides is 1. The topological polar surface area (TPSA) is 54.5 Å². The second-order valence-corrected chi connectivity index (χ2v) is 8.70. The molecule has 0 spiro atoms. The summed E-state index contributed by atoms with van der Waals surface area (Å²) >= 11 is 9.13. The van der Waals surface area contributed by atoms with E-state index in [2.05, 4.69) is 15.9 Å². The van der Waals surface area contributed by atoms with E-state index in [-0.39, 0.29) is 25.9 Å². The van der Waals surface area contributed by atoms with Crippen molar-refractivity contribution in [2.45, 2.75) is 25.2 Å². The van der Waals surface area contributed by atoms with Crippen molar-refractivity contribution >= 4 is 53.2 Å². The minimum absolute atomic E-state index is 0.116. The normalized spacial score (nSPS) is 13.0. The molecule has 118 valence electrons. The SMILES string of the molecule is CCC(C)CN(C)C(=O)c1cc(S(=O)(=O)Cl)c(Br)cc1Cl. The summed E-state index contributed by atoms with van der Waals surface area (Å²) in [4.78, 5) is 13.7. The van der Waals surface area contributed by atoms with Crippen molar-refractivity contribution in [2.24, 2.45) is 5.92 Å². The summed E-state index contributed by atoms with van der Waals surface area (Å²) in [5.74, 6) is -0.00114. The third-order valence-electron chi connectivity index (χ3n) is 3.14. The van der Waals surface area contributed by atoms with Crippen LogP contribution < -0.4 is 0 Å². The monoisotopic (exact) mass is 415 g/mol. The van der Waals surface area contributed by atoms with Crippen molar-refractivity contribution in [1.82, 2.24) is 4.90 Å². The van der Waals surface area contributed by atoms with Gasteiger partial charge < -0.3 is 4.90 Å². The van der Waals surface area contributed by atoms with Crippen LogP contribution in [-0.4, -0.2) is 32.8 Å². The lowest BCUT2D eigenvalue weighted by Gasteiger charge is -2.21. The molecule has 0 bridgehead atoms. The van der Waals surface area contributed by atoms with Crippen molar-refractivity contribution in [3.8, 4) is 0 Å². The van der Waals surface area contributed by atoms with E-state index in [1.54, 1.807) is 7.05 Å². The first-order valence-electron chi connectivity index (χ1n) is 6.27. The molecule has 0 radical (unpaired) electrons. The lowest BCUT2D eigenvalue weighted by molar-refractivity contribution is 0.0775. The molecule has 8 heteroatoms. The minimum atomic E-state index is -3.96. The van der Waals surface area contributed by atoms with E-state index in [9.17, 15) is 13.2 Å². The average molecular weight is 417 g/mol. The highest BCUT2D eigenvalue weighted by Crippen LogP contribution is 2.31. The van der Waals surface area contributed by atoms with Gasteiger partial charge >= 0.3 is 0 Å². The van der Waals surface area contributed by atoms with E-state index in [1.165, 1.54) is 17.0 Å². The number of rotatable bonds is 5. The van der Waals surface area contributed by atoms with Gasteiger partial charge in [-0.1, -0.05) is 31.9 Å². The molecule has 0 N–H and O–H groups in total. The van der Waals surface area contributed by atoms with Crippen molar-refractivity contribution in [3.63, 3.8) is 0 Å². The van der Waals surface area contributed by atoms with E-state index in [0.29, 0.717) is 12.5 Å². The molecule has 0 aromatic heterocycles. The zero-order valence-electron chi connectivity index (χ0n) is 11.9. The number of halogens is 3. The van der Waals surface area contributed by atoms with Gasteiger partial charge in [0.25, 0.3) is 15.0 Å². The average Bonchev–Trinajstić information content (AvgIpc) is 2.36. The highest BCUT2D eigenvalue weighted by molar-refractivity contribution is 9.10. The van der Waals surface area contributed by atoms with Crippen LogP contribution in [0, 0.1) is 5.92 Å². The van der Waals surface area contributed by atoms with Gasteiger partial charge in [-0.05, 0) is 34.0 Å². The van der Waals surface area contributed by atoms with Crippen LogP contribution in [0.25, 0.3) is 0 Å². The molecule has 0 aliphatic rings. The molecular formula is C13H16BrCl2NO3S. The highest BCUT2D eigenvalue weighted by Gasteiger charge is 2.22. The van der Waals surface area contributed by atoms with Gasteiger partial charge in [0.2, 0.25) is 0 Å². The Balaban J connectivity index is 3.22. The number of carbonyl (C=O) groups excluding carboxylic acids is 1. The first-order valence-corrected chi connectivity index (χ1v) is 9.75. The maximum atomic E-state index is 12.4. The molecule has 4 nitrogen and oxygen atoms in total. The van der Waals surface area contributed by atoms with Gasteiger partial charge in [0.15, 0.2) is 0 Å². The quantitative estimate of drug-likeness (QED) is 0.677. The van der Waals surface area contributed by atoms with Crippen molar-refractivity contribution in [1.29, 1.82) is 0 Å². The lowest BCUT2D eigenvalue weighted by Crippen LogP contribution is -2.31. The number of hydrogen-bond donors (Lipinski definition) is 0. The summed E-state index contributed by atoms with van der Waals surface area (Å²) in [6, 6.07) is 2.56. The maximum Gasteiger partial charge on any atom is 0.262 e. The molecule has 0 aliphatic carbocycles. The van der Waals surface area contributed by atoms with Gasteiger partial charge in [0, 0.05) is 28.7 Å². The van der Waals surface area contributed by atoms with E-state index >= 15 is 0 Å². The molecule has 0 heterocycles. The largest absolute Gasteiger partial charge is 0.341 e. The van der Waals surface area contributed by atoms with E-state index < -0.39 is 9.05 Å². The summed E-state index contributed by atoms with van der Waals surface area (Å²) in [6.45, 7) is 4.63. The van der Waals surface area contributed by atoms with Gasteiger partial charge in [-0.25, -0.2) is 8.42 Å². The van der Waals surface area contributed by atoms with Crippen LogP contribution in [0.5, 0.6) is 0 Å². The van der Waals surface area contributed by atoms with Crippen molar-refractivity contribution in [2.75, 3.05) is 13.6 Å². The van der Waals surface area contributed by atoms with E-state index in [0.717, 1.165) is 6.42 Å². The Bertz CT molecular complexity index is 649. The van der Waals surface area contributed by atoms with Crippen LogP contribution >= 0.6 is 38.2 Å². The molecule has 0 fully saturated rings. The highest BCUT2D eigenvalue weighted by atomic mass is 79.9. The van der Waals surface area contributed by atoms with Gasteiger partial charge in [-0.2, -0.15) is 0 Å². The molecule has 1 atom stereocenters. The van der Waals surface area contributed by atoms with Gasteiger partial charge in [-0.3, -0.25) is 4.79 Å². The molecule has 0 saturated carbocycles. The first-order chi connectivity index (χ1) is 9.57. The fourth-order valence-corrected chi connectivity index (χ4v) is 4.34. The van der Waals surface area contributed by atoms with Crippen LogP contribution in [0.3, 0.4) is 0 Å². The van der Waals surface area contributed by atoms with Crippen molar-refractivity contribution in [3.05, 3.63) is 27.2 Å². The molecule has 0 saturated heterocycles. The summed E-state index contributed by atoms with van der Waals surface area (Å²) in [5.41, 5.74) is 0.116. The van der Waals surface area contributed by atoms with Gasteiger partial charge in [0.1, 0.15) is 0 Å². The zero-order valence-corrected chi connectivity index (χ0v) is 15.8. The van der Waals surface area contributed by atoms with Crippen LogP contribution in [0.2, 0.25) is 5.02 Å². The Hall–Kier alpha value is -0.300. The summed E-state index contributed by atoms with van der Waals surface area (Å²) in [7, 11) is 3.04. The number of benzene rings is 1. The number of nitrogens with zero attached hydrogens (tertiary/aromatic N) is 1. The molecule has 1 rings (SSSR count). The molecule has 1 aromatic carbocycles. The van der Waals surface area contributed by atoms with Crippen LogP contribution in [0.15, 0.2) is 21.5 Å². The summed E-state index contributed by atoms with van der Waals surface area (Å²) in [6.07, 6.45) is 0.937. The molecular weight excluding hydrogens is 401 g/mol. The fraction of sp³-hybridized carbons (Fsp3) is 0.462. The fourth-order valence-electron chi connectivity index (χ4n) is 1.77. The third-order valence-corrected chi connectivity index (χ3v) is 5.74. The van der Waals surface area contributed by atoms with E-state index in [1.807, 2.05) is 13.8 Å². The second-order valence-electron chi connectivity index (χ2n) is 4.90. The molecule has 1 amide bonds. The Labute approximate surface area is 143 Å². The zero-order chi connectivity index (χ0) is 16.4. The number of carbonyl (C=O) groups is 1. The Morgan fingerprint density at radius 3 is 2.48 bits per heavy atom.